The first-order chi connectivity index (χ1) is 11.6. The van der Waals surface area contributed by atoms with E-state index in [4.69, 9.17) is 9.15 Å². The van der Waals surface area contributed by atoms with E-state index in [-0.39, 0.29) is 11.3 Å². The minimum atomic E-state index is 0.122. The summed E-state index contributed by atoms with van der Waals surface area (Å²) in [5.74, 6) is 2.13. The molecule has 3 aliphatic heterocycles. The highest BCUT2D eigenvalue weighted by molar-refractivity contribution is 5.95. The van der Waals surface area contributed by atoms with E-state index in [1.807, 2.05) is 24.8 Å². The summed E-state index contributed by atoms with van der Waals surface area (Å²) in [6.07, 6.45) is 3.96. The zero-order valence-corrected chi connectivity index (χ0v) is 14.8. The molecule has 0 aliphatic carbocycles. The number of carbonyl (C=O) groups is 1. The number of piperidine rings is 1. The van der Waals surface area contributed by atoms with Crippen LogP contribution in [-0.2, 0) is 4.74 Å². The number of furan rings is 1. The molecule has 0 bridgehead atoms. The van der Waals surface area contributed by atoms with Crippen molar-refractivity contribution in [3.63, 3.8) is 0 Å². The van der Waals surface area contributed by atoms with Gasteiger partial charge in [-0.1, -0.05) is 6.42 Å². The summed E-state index contributed by atoms with van der Waals surface area (Å²) < 4.78 is 11.4. The number of amides is 1. The minimum absolute atomic E-state index is 0.122. The van der Waals surface area contributed by atoms with Gasteiger partial charge < -0.3 is 19.0 Å². The zero-order chi connectivity index (χ0) is 16.7. The van der Waals surface area contributed by atoms with Gasteiger partial charge in [-0.25, -0.2) is 0 Å². The smallest absolute Gasteiger partial charge is 0.257 e. The summed E-state index contributed by atoms with van der Waals surface area (Å²) >= 11 is 0. The molecule has 2 atom stereocenters. The van der Waals surface area contributed by atoms with Gasteiger partial charge in [0.2, 0.25) is 0 Å². The standard InChI is InChI=1S/C19H28N2O3/c1-14-8-17(15(2)24-14)18(22)21-9-16-10-23-13-19(16,12-21)11-20-6-4-3-5-7-20/h8,16H,3-7,9-13H2,1-2H3/t16-,19+/m1/s1. The molecule has 0 aromatic carbocycles. The first kappa shape index (κ1) is 16.2. The van der Waals surface area contributed by atoms with Crippen LogP contribution in [0.1, 0.15) is 41.1 Å². The normalized spacial score (nSPS) is 30.8. The Morgan fingerprint density at radius 1 is 1.29 bits per heavy atom. The highest BCUT2D eigenvalue weighted by atomic mass is 16.5. The number of ether oxygens (including phenoxy) is 1. The van der Waals surface area contributed by atoms with Crippen molar-refractivity contribution in [3.8, 4) is 0 Å². The lowest BCUT2D eigenvalue weighted by Crippen LogP contribution is -2.45. The van der Waals surface area contributed by atoms with Gasteiger partial charge in [-0.3, -0.25) is 4.79 Å². The van der Waals surface area contributed by atoms with Crippen LogP contribution >= 0.6 is 0 Å². The summed E-state index contributed by atoms with van der Waals surface area (Å²) in [5, 5.41) is 0. The summed E-state index contributed by atoms with van der Waals surface area (Å²) in [4.78, 5) is 17.6. The highest BCUT2D eigenvalue weighted by Crippen LogP contribution is 2.43. The Morgan fingerprint density at radius 3 is 2.79 bits per heavy atom. The Labute approximate surface area is 143 Å². The summed E-state index contributed by atoms with van der Waals surface area (Å²) in [6, 6.07) is 1.87. The molecule has 1 aromatic heterocycles. The van der Waals surface area contributed by atoms with Crippen molar-refractivity contribution in [2.24, 2.45) is 11.3 Å². The van der Waals surface area contributed by atoms with Crippen molar-refractivity contribution in [3.05, 3.63) is 23.2 Å². The SMILES string of the molecule is Cc1cc(C(=O)N2C[C@@H]3COC[C@]3(CN3CCCCC3)C2)c(C)o1. The quantitative estimate of drug-likeness (QED) is 0.853. The zero-order valence-electron chi connectivity index (χ0n) is 14.8. The first-order valence-corrected chi connectivity index (χ1v) is 9.24. The maximum Gasteiger partial charge on any atom is 0.257 e. The van der Waals surface area contributed by atoms with Crippen molar-refractivity contribution in [1.82, 2.24) is 9.80 Å². The van der Waals surface area contributed by atoms with E-state index in [0.717, 1.165) is 49.9 Å². The minimum Gasteiger partial charge on any atom is -0.466 e. The molecule has 3 aliphatic rings. The average Bonchev–Trinajstić information content (AvgIpc) is 3.19. The molecule has 4 rings (SSSR count). The van der Waals surface area contributed by atoms with E-state index < -0.39 is 0 Å². The number of aryl methyl sites for hydroxylation is 2. The maximum absolute atomic E-state index is 13.0. The van der Waals surface area contributed by atoms with Crippen LogP contribution in [0.3, 0.4) is 0 Å². The van der Waals surface area contributed by atoms with E-state index >= 15 is 0 Å². The predicted molar refractivity (Wildman–Crippen MR) is 91.1 cm³/mol. The van der Waals surface area contributed by atoms with E-state index in [2.05, 4.69) is 4.90 Å². The van der Waals surface area contributed by atoms with Crippen molar-refractivity contribution < 1.29 is 13.9 Å². The summed E-state index contributed by atoms with van der Waals surface area (Å²) in [7, 11) is 0. The lowest BCUT2D eigenvalue weighted by Gasteiger charge is -2.36. The topological polar surface area (TPSA) is 45.9 Å². The van der Waals surface area contributed by atoms with Crippen molar-refractivity contribution >= 4 is 5.91 Å². The molecule has 1 amide bonds. The molecule has 0 unspecified atom stereocenters. The molecule has 3 saturated heterocycles. The number of carbonyl (C=O) groups excluding carboxylic acids is 1. The van der Waals surface area contributed by atoms with Crippen molar-refractivity contribution in [2.45, 2.75) is 33.1 Å². The molecule has 4 heterocycles. The lowest BCUT2D eigenvalue weighted by molar-refractivity contribution is 0.0653. The van der Waals surface area contributed by atoms with Gasteiger partial charge in [-0.15, -0.1) is 0 Å². The second kappa shape index (κ2) is 6.19. The van der Waals surface area contributed by atoms with Gasteiger partial charge in [0.25, 0.3) is 5.91 Å². The lowest BCUT2D eigenvalue weighted by atomic mass is 9.80. The first-order valence-electron chi connectivity index (χ1n) is 9.24. The van der Waals surface area contributed by atoms with Gasteiger partial charge in [0.05, 0.1) is 18.8 Å². The van der Waals surface area contributed by atoms with Crippen LogP contribution in [0.4, 0.5) is 0 Å². The van der Waals surface area contributed by atoms with Gasteiger partial charge in [0.15, 0.2) is 0 Å². The van der Waals surface area contributed by atoms with Crippen molar-refractivity contribution in [2.75, 3.05) is 45.9 Å². The third-order valence-corrected chi connectivity index (χ3v) is 6.07. The van der Waals surface area contributed by atoms with Crippen LogP contribution < -0.4 is 0 Å². The fourth-order valence-electron chi connectivity index (χ4n) is 4.79. The molecule has 0 radical (unpaired) electrons. The summed E-state index contributed by atoms with van der Waals surface area (Å²) in [6.45, 7) is 10.5. The fourth-order valence-corrected chi connectivity index (χ4v) is 4.79. The van der Waals surface area contributed by atoms with Gasteiger partial charge in [-0.2, -0.15) is 0 Å². The number of hydrogen-bond acceptors (Lipinski definition) is 4. The Morgan fingerprint density at radius 2 is 2.08 bits per heavy atom. The van der Waals surface area contributed by atoms with Gasteiger partial charge in [0.1, 0.15) is 11.5 Å². The molecular formula is C19H28N2O3. The Bertz CT molecular complexity index is 620. The third kappa shape index (κ3) is 2.78. The van der Waals surface area contributed by atoms with E-state index in [0.29, 0.717) is 5.92 Å². The van der Waals surface area contributed by atoms with Crippen LogP contribution in [-0.4, -0.2) is 61.6 Å². The monoisotopic (exact) mass is 332 g/mol. The Kier molecular flexibility index (Phi) is 4.17. The maximum atomic E-state index is 13.0. The number of nitrogens with zero attached hydrogens (tertiary/aromatic N) is 2. The summed E-state index contributed by atoms with van der Waals surface area (Å²) in [5.41, 5.74) is 0.848. The fraction of sp³-hybridized carbons (Fsp3) is 0.737. The third-order valence-electron chi connectivity index (χ3n) is 6.07. The Hall–Kier alpha value is -1.33. The van der Waals surface area contributed by atoms with Gasteiger partial charge >= 0.3 is 0 Å². The number of hydrogen-bond donors (Lipinski definition) is 0. The van der Waals surface area contributed by atoms with Crippen molar-refractivity contribution in [1.29, 1.82) is 0 Å². The van der Waals surface area contributed by atoms with Crippen LogP contribution in [0.15, 0.2) is 10.5 Å². The van der Waals surface area contributed by atoms with E-state index in [1.54, 1.807) is 0 Å². The van der Waals surface area contributed by atoms with E-state index in [1.165, 1.54) is 32.4 Å². The van der Waals surface area contributed by atoms with Crippen LogP contribution in [0.2, 0.25) is 0 Å². The molecule has 0 N–H and O–H groups in total. The second-order valence-corrected chi connectivity index (χ2v) is 7.92. The molecular weight excluding hydrogens is 304 g/mol. The van der Waals surface area contributed by atoms with Gasteiger partial charge in [-0.05, 0) is 45.8 Å². The number of likely N-dealkylation sites (tertiary alicyclic amines) is 2. The molecule has 132 valence electrons. The molecule has 1 aromatic rings. The van der Waals surface area contributed by atoms with Crippen LogP contribution in [0, 0.1) is 25.2 Å². The number of rotatable bonds is 3. The predicted octanol–water partition coefficient (Wildman–Crippen LogP) is 2.47. The molecule has 3 fully saturated rings. The largest absolute Gasteiger partial charge is 0.466 e. The highest BCUT2D eigenvalue weighted by Gasteiger charge is 2.52. The average molecular weight is 332 g/mol. The van der Waals surface area contributed by atoms with Crippen LogP contribution in [0.5, 0.6) is 0 Å². The second-order valence-electron chi connectivity index (χ2n) is 7.92. The van der Waals surface area contributed by atoms with Gasteiger partial charge in [0, 0.05) is 31.0 Å². The Balaban J connectivity index is 1.50. The van der Waals surface area contributed by atoms with E-state index in [9.17, 15) is 4.79 Å². The molecule has 5 heteroatoms. The van der Waals surface area contributed by atoms with Crippen LogP contribution in [0.25, 0.3) is 0 Å². The number of fused-ring (bicyclic) bond motifs is 1. The molecule has 0 saturated carbocycles. The molecule has 5 nitrogen and oxygen atoms in total. The molecule has 0 spiro atoms. The molecule has 24 heavy (non-hydrogen) atoms.